The Morgan fingerprint density at radius 3 is 2.30 bits per heavy atom. The van der Waals surface area contributed by atoms with E-state index in [0.29, 0.717) is 5.56 Å². The third kappa shape index (κ3) is 4.89. The highest BCUT2D eigenvalue weighted by Crippen LogP contribution is 2.22. The van der Waals surface area contributed by atoms with Crippen LogP contribution >= 0.6 is 0 Å². The van der Waals surface area contributed by atoms with E-state index >= 15 is 0 Å². The predicted octanol–water partition coefficient (Wildman–Crippen LogP) is 2.14. The van der Waals surface area contributed by atoms with Crippen molar-refractivity contribution in [3.05, 3.63) is 53.3 Å². The summed E-state index contributed by atoms with van der Waals surface area (Å²) in [5, 5.41) is 2.60. The van der Waals surface area contributed by atoms with Crippen molar-refractivity contribution in [1.82, 2.24) is 10.3 Å². The first-order valence-corrected chi connectivity index (χ1v) is 9.33. The molecule has 1 heterocycles. The number of pyridine rings is 1. The van der Waals surface area contributed by atoms with Crippen LogP contribution in [0.5, 0.6) is 0 Å². The summed E-state index contributed by atoms with van der Waals surface area (Å²) in [6, 6.07) is 11.2. The summed E-state index contributed by atoms with van der Waals surface area (Å²) < 4.78 is 22.1. The van der Waals surface area contributed by atoms with Gasteiger partial charge in [0.25, 0.3) is 5.91 Å². The van der Waals surface area contributed by atoms with Gasteiger partial charge in [-0.3, -0.25) is 9.78 Å². The first-order valence-electron chi connectivity index (χ1n) is 7.27. The molecule has 0 aliphatic carbocycles. The molecule has 0 radical (unpaired) electrons. The number of aryl methyl sites for hydroxylation is 2. The Morgan fingerprint density at radius 2 is 1.74 bits per heavy atom. The number of amides is 1. The van der Waals surface area contributed by atoms with E-state index < -0.39 is 9.84 Å². The Labute approximate surface area is 136 Å². The lowest BCUT2D eigenvalue weighted by molar-refractivity contribution is 0.0956. The highest BCUT2D eigenvalue weighted by molar-refractivity contribution is 7.90. The molecule has 23 heavy (non-hydrogen) atoms. The maximum Gasteiger partial charge on any atom is 0.251 e. The number of nitrogens with zero attached hydrogens (tertiary/aromatic N) is 1. The third-order valence-corrected chi connectivity index (χ3v) is 4.39. The summed E-state index contributed by atoms with van der Waals surface area (Å²) in [4.78, 5) is 16.4. The van der Waals surface area contributed by atoms with E-state index in [1.807, 2.05) is 38.1 Å². The average molecular weight is 332 g/mol. The van der Waals surface area contributed by atoms with Crippen LogP contribution in [-0.4, -0.2) is 37.9 Å². The lowest BCUT2D eigenvalue weighted by atomic mass is 10.0. The van der Waals surface area contributed by atoms with Gasteiger partial charge in [-0.15, -0.1) is 0 Å². The summed E-state index contributed by atoms with van der Waals surface area (Å²) in [6.07, 6.45) is 1.14. The van der Waals surface area contributed by atoms with E-state index in [4.69, 9.17) is 0 Å². The number of sulfone groups is 1. The molecule has 1 N–H and O–H groups in total. The number of benzene rings is 1. The van der Waals surface area contributed by atoms with Crippen LogP contribution in [-0.2, 0) is 9.84 Å². The summed E-state index contributed by atoms with van der Waals surface area (Å²) in [5.41, 5.74) is 4.42. The SMILES string of the molecule is Cc1ccc(-c2ccc(C(=O)NCCS(C)(=O)=O)cc2)c(C)n1. The van der Waals surface area contributed by atoms with Gasteiger partial charge < -0.3 is 5.32 Å². The van der Waals surface area contributed by atoms with Crippen molar-refractivity contribution in [2.24, 2.45) is 0 Å². The van der Waals surface area contributed by atoms with Gasteiger partial charge in [0.15, 0.2) is 0 Å². The molecule has 1 aromatic carbocycles. The minimum absolute atomic E-state index is 0.0644. The van der Waals surface area contributed by atoms with Gasteiger partial charge in [0, 0.05) is 35.3 Å². The van der Waals surface area contributed by atoms with Gasteiger partial charge in [-0.25, -0.2) is 8.42 Å². The molecular formula is C17H20N2O3S. The van der Waals surface area contributed by atoms with Crippen LogP contribution in [0.4, 0.5) is 0 Å². The van der Waals surface area contributed by atoms with Gasteiger partial charge >= 0.3 is 0 Å². The average Bonchev–Trinajstić information content (AvgIpc) is 2.46. The van der Waals surface area contributed by atoms with E-state index in [9.17, 15) is 13.2 Å². The third-order valence-electron chi connectivity index (χ3n) is 3.44. The second-order valence-corrected chi connectivity index (χ2v) is 7.81. The fraction of sp³-hybridized carbons (Fsp3) is 0.294. The molecule has 0 fully saturated rings. The molecule has 0 bridgehead atoms. The number of hydrogen-bond acceptors (Lipinski definition) is 4. The molecule has 1 aromatic heterocycles. The topological polar surface area (TPSA) is 76.1 Å². The standard InChI is InChI=1S/C17H20N2O3S/c1-12-4-9-16(13(2)19-12)14-5-7-15(8-6-14)17(20)18-10-11-23(3,21)22/h4-9H,10-11H2,1-3H3,(H,18,20). The zero-order valence-corrected chi connectivity index (χ0v) is 14.3. The molecule has 2 aromatic rings. The molecule has 2 rings (SSSR count). The number of hydrogen-bond donors (Lipinski definition) is 1. The number of aromatic nitrogens is 1. The van der Waals surface area contributed by atoms with E-state index in [-0.39, 0.29) is 18.2 Å². The number of carbonyl (C=O) groups excluding carboxylic acids is 1. The Bertz CT molecular complexity index is 812. The molecule has 0 saturated heterocycles. The maximum atomic E-state index is 12.0. The number of nitrogens with one attached hydrogen (secondary N) is 1. The predicted molar refractivity (Wildman–Crippen MR) is 91.2 cm³/mol. The van der Waals surface area contributed by atoms with E-state index in [0.717, 1.165) is 28.8 Å². The molecule has 0 unspecified atom stereocenters. The van der Waals surface area contributed by atoms with Gasteiger partial charge in [-0.1, -0.05) is 18.2 Å². The summed E-state index contributed by atoms with van der Waals surface area (Å²) in [6.45, 7) is 4.01. The molecule has 122 valence electrons. The Hall–Kier alpha value is -2.21. The van der Waals surface area contributed by atoms with Crippen molar-refractivity contribution in [3.8, 4) is 11.1 Å². The molecule has 6 heteroatoms. The zero-order chi connectivity index (χ0) is 17.0. The maximum absolute atomic E-state index is 12.0. The molecule has 0 aliphatic heterocycles. The van der Waals surface area contributed by atoms with Gasteiger partial charge in [-0.2, -0.15) is 0 Å². The van der Waals surface area contributed by atoms with Crippen LogP contribution in [0.3, 0.4) is 0 Å². The van der Waals surface area contributed by atoms with Crippen LogP contribution in [0.1, 0.15) is 21.7 Å². The normalized spacial score (nSPS) is 11.3. The van der Waals surface area contributed by atoms with Crippen molar-refractivity contribution in [2.45, 2.75) is 13.8 Å². The fourth-order valence-electron chi connectivity index (χ4n) is 2.24. The molecule has 0 spiro atoms. The van der Waals surface area contributed by atoms with Gasteiger partial charge in [-0.05, 0) is 37.6 Å². The fourth-order valence-corrected chi connectivity index (χ4v) is 2.72. The first kappa shape index (κ1) is 17.1. The van der Waals surface area contributed by atoms with E-state index in [1.54, 1.807) is 12.1 Å². The van der Waals surface area contributed by atoms with Crippen molar-refractivity contribution in [2.75, 3.05) is 18.6 Å². The monoisotopic (exact) mass is 332 g/mol. The molecular weight excluding hydrogens is 312 g/mol. The van der Waals surface area contributed by atoms with Gasteiger partial charge in [0.1, 0.15) is 9.84 Å². The van der Waals surface area contributed by atoms with Crippen LogP contribution < -0.4 is 5.32 Å². The second-order valence-electron chi connectivity index (χ2n) is 5.55. The smallest absolute Gasteiger partial charge is 0.251 e. The summed E-state index contributed by atoms with van der Waals surface area (Å²) >= 11 is 0. The van der Waals surface area contributed by atoms with Crippen molar-refractivity contribution in [3.63, 3.8) is 0 Å². The Balaban J connectivity index is 2.08. The molecule has 5 nitrogen and oxygen atoms in total. The number of rotatable bonds is 5. The molecule has 0 saturated carbocycles. The minimum atomic E-state index is -3.07. The van der Waals surface area contributed by atoms with Crippen molar-refractivity contribution >= 4 is 15.7 Å². The molecule has 0 atom stereocenters. The Morgan fingerprint density at radius 1 is 1.09 bits per heavy atom. The van der Waals surface area contributed by atoms with E-state index in [2.05, 4.69) is 10.3 Å². The lowest BCUT2D eigenvalue weighted by Crippen LogP contribution is -2.28. The van der Waals surface area contributed by atoms with Crippen LogP contribution in [0.2, 0.25) is 0 Å². The van der Waals surface area contributed by atoms with Crippen molar-refractivity contribution in [1.29, 1.82) is 0 Å². The summed E-state index contributed by atoms with van der Waals surface area (Å²) in [7, 11) is -3.07. The Kier molecular flexibility index (Phi) is 5.15. The van der Waals surface area contributed by atoms with Crippen LogP contribution in [0.25, 0.3) is 11.1 Å². The van der Waals surface area contributed by atoms with Gasteiger partial charge in [0.05, 0.1) is 5.75 Å². The lowest BCUT2D eigenvalue weighted by Gasteiger charge is -2.08. The first-order chi connectivity index (χ1) is 10.8. The van der Waals surface area contributed by atoms with Gasteiger partial charge in [0.2, 0.25) is 0 Å². The highest BCUT2D eigenvalue weighted by Gasteiger charge is 2.09. The molecule has 0 aliphatic rings. The largest absolute Gasteiger partial charge is 0.351 e. The van der Waals surface area contributed by atoms with Crippen LogP contribution in [0.15, 0.2) is 36.4 Å². The second kappa shape index (κ2) is 6.91. The van der Waals surface area contributed by atoms with Crippen LogP contribution in [0, 0.1) is 13.8 Å². The minimum Gasteiger partial charge on any atom is -0.351 e. The summed E-state index contributed by atoms with van der Waals surface area (Å²) in [5.74, 6) is -0.343. The molecule has 1 amide bonds. The quantitative estimate of drug-likeness (QED) is 0.910. The van der Waals surface area contributed by atoms with Crippen molar-refractivity contribution < 1.29 is 13.2 Å². The zero-order valence-electron chi connectivity index (χ0n) is 13.5. The number of carbonyl (C=O) groups is 1. The van der Waals surface area contributed by atoms with E-state index in [1.165, 1.54) is 0 Å². The highest BCUT2D eigenvalue weighted by atomic mass is 32.2.